The molecule has 1 aromatic heterocycles. The second-order valence-electron chi connectivity index (χ2n) is 12.6. The van der Waals surface area contributed by atoms with Crippen LogP contribution < -0.4 is 4.74 Å². The highest BCUT2D eigenvalue weighted by molar-refractivity contribution is 6.74. The summed E-state index contributed by atoms with van der Waals surface area (Å²) in [4.78, 5) is 19.0. The number of carbonyl (C=O) groups is 1. The van der Waals surface area contributed by atoms with Crippen molar-refractivity contribution in [3.8, 4) is 16.9 Å². The van der Waals surface area contributed by atoms with Gasteiger partial charge in [0.05, 0.1) is 24.0 Å². The minimum absolute atomic E-state index is 0.00772. The van der Waals surface area contributed by atoms with Crippen LogP contribution in [0.2, 0.25) is 18.1 Å². The Labute approximate surface area is 235 Å². The zero-order chi connectivity index (χ0) is 30.3. The lowest BCUT2D eigenvalue weighted by Gasteiger charge is -2.36. The predicted octanol–water partition coefficient (Wildman–Crippen LogP) is 8.03. The van der Waals surface area contributed by atoms with Gasteiger partial charge in [-0.15, -0.1) is 13.2 Å². The number of ether oxygens (including phenoxy) is 2. The minimum Gasteiger partial charge on any atom is -0.444 e. The zero-order valence-electron chi connectivity index (χ0n) is 25.0. The topological polar surface area (TPSA) is 65.8 Å². The smallest absolute Gasteiger partial charge is 0.444 e. The summed E-state index contributed by atoms with van der Waals surface area (Å²) >= 11 is 0. The summed E-state index contributed by atoms with van der Waals surface area (Å²) in [7, 11) is 1.42. The predicted molar refractivity (Wildman–Crippen MR) is 153 cm³/mol. The van der Waals surface area contributed by atoms with E-state index >= 15 is 0 Å². The first-order valence-corrected chi connectivity index (χ1v) is 16.0. The molecule has 0 aliphatic rings. The lowest BCUT2D eigenvalue weighted by Crippen LogP contribution is -2.40. The summed E-state index contributed by atoms with van der Waals surface area (Å²) in [6.45, 7) is 16.9. The molecule has 1 heterocycles. The summed E-state index contributed by atoms with van der Waals surface area (Å²) in [5.41, 5.74) is 3.97. The summed E-state index contributed by atoms with van der Waals surface area (Å²) in [6.07, 6.45) is -3.54. The molecule has 0 saturated carbocycles. The Morgan fingerprint density at radius 2 is 1.65 bits per heavy atom. The molecule has 2 aromatic carbocycles. The Morgan fingerprint density at radius 1 is 1.05 bits per heavy atom. The lowest BCUT2D eigenvalue weighted by atomic mass is 9.96. The number of aromatic nitrogens is 2. The molecule has 0 aliphatic carbocycles. The van der Waals surface area contributed by atoms with Crippen molar-refractivity contribution < 1.29 is 31.9 Å². The van der Waals surface area contributed by atoms with E-state index in [4.69, 9.17) is 9.16 Å². The van der Waals surface area contributed by atoms with E-state index in [1.165, 1.54) is 17.0 Å². The van der Waals surface area contributed by atoms with Gasteiger partial charge < -0.3 is 23.4 Å². The fourth-order valence-corrected chi connectivity index (χ4v) is 4.89. The van der Waals surface area contributed by atoms with Crippen molar-refractivity contribution in [3.05, 3.63) is 47.8 Å². The highest BCUT2D eigenvalue weighted by Crippen LogP contribution is 2.39. The molecule has 0 radical (unpaired) electrons. The van der Waals surface area contributed by atoms with Crippen LogP contribution in [0.5, 0.6) is 5.75 Å². The number of amides is 1. The molecule has 40 heavy (non-hydrogen) atoms. The fraction of sp³-hybridized carbons (Fsp3) is 0.517. The molecule has 3 rings (SSSR count). The van der Waals surface area contributed by atoms with Crippen molar-refractivity contribution >= 4 is 25.4 Å². The third-order valence-electron chi connectivity index (χ3n) is 7.08. The monoisotopic (exact) mass is 579 g/mol. The number of fused-ring (bicyclic) bond motifs is 1. The number of aryl methyl sites for hydroxylation is 1. The van der Waals surface area contributed by atoms with Crippen LogP contribution in [0.25, 0.3) is 22.2 Å². The van der Waals surface area contributed by atoms with E-state index in [1.54, 1.807) is 25.5 Å². The third-order valence-corrected chi connectivity index (χ3v) is 11.6. The molecule has 0 saturated heterocycles. The molecule has 0 aliphatic heterocycles. The number of nitrogens with zero attached hydrogens (tertiary/aromatic N) is 3. The molecule has 0 fully saturated rings. The van der Waals surface area contributed by atoms with Gasteiger partial charge in [-0.1, -0.05) is 32.9 Å². The van der Waals surface area contributed by atoms with Crippen molar-refractivity contribution in [2.24, 2.45) is 7.05 Å². The summed E-state index contributed by atoms with van der Waals surface area (Å²) in [5, 5.41) is -0.00772. The van der Waals surface area contributed by atoms with E-state index in [0.29, 0.717) is 17.7 Å². The second-order valence-corrected chi connectivity index (χ2v) is 17.4. The van der Waals surface area contributed by atoms with Gasteiger partial charge in [0.25, 0.3) is 0 Å². The Hall–Kier alpha value is -3.05. The molecule has 11 heteroatoms. The first kappa shape index (κ1) is 31.5. The van der Waals surface area contributed by atoms with E-state index in [1.807, 2.05) is 38.5 Å². The molecule has 0 atom stereocenters. The van der Waals surface area contributed by atoms with Gasteiger partial charge in [0, 0.05) is 31.8 Å². The Balaban J connectivity index is 2.14. The summed E-state index contributed by atoms with van der Waals surface area (Å²) in [5.74, 6) is -0.308. The highest BCUT2D eigenvalue weighted by Gasteiger charge is 2.37. The van der Waals surface area contributed by atoms with E-state index in [9.17, 15) is 18.0 Å². The van der Waals surface area contributed by atoms with Crippen molar-refractivity contribution in [1.82, 2.24) is 14.5 Å². The maximum absolute atomic E-state index is 12.9. The molecule has 220 valence electrons. The van der Waals surface area contributed by atoms with Gasteiger partial charge in [-0.2, -0.15) is 0 Å². The molecular weight excluding hydrogens is 539 g/mol. The van der Waals surface area contributed by atoms with E-state index < -0.39 is 26.4 Å². The van der Waals surface area contributed by atoms with Crippen molar-refractivity contribution in [1.29, 1.82) is 0 Å². The van der Waals surface area contributed by atoms with Crippen molar-refractivity contribution in [2.75, 3.05) is 7.05 Å². The molecular formula is C29H40F3N3O4Si. The molecule has 0 bridgehead atoms. The van der Waals surface area contributed by atoms with E-state index in [2.05, 4.69) is 43.6 Å². The summed E-state index contributed by atoms with van der Waals surface area (Å²) in [6, 6.07) is 7.62. The average Bonchev–Trinajstić information content (AvgIpc) is 3.17. The quantitative estimate of drug-likeness (QED) is 0.265. The van der Waals surface area contributed by atoms with Gasteiger partial charge in [-0.25, -0.2) is 9.78 Å². The van der Waals surface area contributed by atoms with Crippen LogP contribution in [0.15, 0.2) is 36.7 Å². The normalized spacial score (nSPS) is 13.0. The largest absolute Gasteiger partial charge is 0.573 e. The van der Waals surface area contributed by atoms with Crippen LogP contribution in [-0.4, -0.2) is 47.9 Å². The summed E-state index contributed by atoms with van der Waals surface area (Å²) < 4.78 is 56.3. The number of rotatable bonds is 7. The first-order chi connectivity index (χ1) is 18.2. The minimum atomic E-state index is -4.78. The molecule has 3 aromatic rings. The number of carbonyl (C=O) groups excluding carboxylic acids is 1. The van der Waals surface area contributed by atoms with Gasteiger partial charge >= 0.3 is 12.5 Å². The zero-order valence-corrected chi connectivity index (χ0v) is 26.0. The maximum Gasteiger partial charge on any atom is 0.573 e. The number of alkyl halides is 3. The number of hydrogen-bond donors (Lipinski definition) is 0. The van der Waals surface area contributed by atoms with Crippen LogP contribution in [0.3, 0.4) is 0 Å². The molecule has 0 N–H and O–H groups in total. The van der Waals surface area contributed by atoms with Crippen molar-refractivity contribution in [2.45, 2.75) is 84.8 Å². The second kappa shape index (κ2) is 11.1. The standard InChI is InChI=1S/C29H40F3N3O4Si/c1-27(2,3)39-26(36)34(7)16-20-15-22(19-11-13-21(14-12-19)38-29(30,31)32)24-25(35(8)18-33-24)23(20)17-37-40(9,10)28(4,5)6/h11-15,18H,16-17H2,1-10H3. The average molecular weight is 580 g/mol. The molecule has 0 spiro atoms. The Kier molecular flexibility index (Phi) is 8.72. The van der Waals surface area contributed by atoms with E-state index in [0.717, 1.165) is 22.2 Å². The Morgan fingerprint density at radius 3 is 2.17 bits per heavy atom. The van der Waals surface area contributed by atoms with Crippen LogP contribution in [0.4, 0.5) is 18.0 Å². The molecule has 7 nitrogen and oxygen atoms in total. The van der Waals surface area contributed by atoms with Gasteiger partial charge in [0.1, 0.15) is 11.4 Å². The third kappa shape index (κ3) is 7.57. The fourth-order valence-electron chi connectivity index (χ4n) is 3.95. The van der Waals surface area contributed by atoms with Crippen molar-refractivity contribution in [3.63, 3.8) is 0 Å². The number of hydrogen-bond acceptors (Lipinski definition) is 5. The van der Waals surface area contributed by atoms with E-state index in [-0.39, 0.29) is 17.3 Å². The Bertz CT molecular complexity index is 1350. The van der Waals surface area contributed by atoms with Gasteiger partial charge in [-0.05, 0) is 68.2 Å². The maximum atomic E-state index is 12.9. The van der Waals surface area contributed by atoms with Crippen LogP contribution in [0, 0.1) is 0 Å². The molecule has 1 amide bonds. The highest BCUT2D eigenvalue weighted by atomic mass is 28.4. The van der Waals surface area contributed by atoms with Gasteiger partial charge in [0.15, 0.2) is 8.32 Å². The lowest BCUT2D eigenvalue weighted by molar-refractivity contribution is -0.274. The SMILES string of the molecule is CN(Cc1cc(-c2ccc(OC(F)(F)F)cc2)c2ncn(C)c2c1CO[Si](C)(C)C(C)(C)C)C(=O)OC(C)(C)C. The van der Waals surface area contributed by atoms with Crippen LogP contribution >= 0.6 is 0 Å². The first-order valence-electron chi connectivity index (χ1n) is 13.1. The number of benzene rings is 2. The number of halogens is 3. The number of imidazole rings is 1. The van der Waals surface area contributed by atoms with Gasteiger partial charge in [0.2, 0.25) is 0 Å². The van der Waals surface area contributed by atoms with Gasteiger partial charge in [-0.3, -0.25) is 0 Å². The molecule has 0 unspecified atom stereocenters. The van der Waals surface area contributed by atoms with Crippen LogP contribution in [0.1, 0.15) is 52.7 Å². The van der Waals surface area contributed by atoms with Crippen LogP contribution in [-0.2, 0) is 29.4 Å².